The molecule has 2 aromatic carbocycles. The van der Waals surface area contributed by atoms with Gasteiger partial charge in [-0.25, -0.2) is 5.43 Å². The number of hydrogen-bond acceptors (Lipinski definition) is 4. The van der Waals surface area contributed by atoms with Crippen molar-refractivity contribution in [2.24, 2.45) is 5.10 Å². The second-order valence-corrected chi connectivity index (χ2v) is 6.52. The maximum atomic E-state index is 11.7. The number of benzene rings is 2. The third kappa shape index (κ3) is 5.12. The minimum atomic E-state index is -0.445. The largest absolute Gasteiger partial charge is 0.506 e. The lowest BCUT2D eigenvalue weighted by Gasteiger charge is -2.07. The summed E-state index contributed by atoms with van der Waals surface area (Å²) in [4.78, 5) is 11.7. The number of nitrogens with zero attached hydrogens (tertiary/aromatic N) is 1. The minimum absolute atomic E-state index is 0.0229. The van der Waals surface area contributed by atoms with E-state index >= 15 is 0 Å². The number of hydrogen-bond donors (Lipinski definition) is 2. The molecule has 0 aliphatic carbocycles. The van der Waals surface area contributed by atoms with Gasteiger partial charge in [-0.1, -0.05) is 23.2 Å². The molecule has 0 atom stereocenters. The van der Waals surface area contributed by atoms with Crippen LogP contribution >= 0.6 is 39.1 Å². The molecular formula is C16H13BrCl2N2O3. The molecule has 24 heavy (non-hydrogen) atoms. The van der Waals surface area contributed by atoms with E-state index in [1.165, 1.54) is 12.3 Å². The molecule has 0 spiro atoms. The number of halogens is 3. The number of aromatic hydroxyl groups is 1. The molecule has 0 saturated heterocycles. The molecule has 2 rings (SSSR count). The van der Waals surface area contributed by atoms with Gasteiger partial charge in [0, 0.05) is 15.6 Å². The molecule has 5 nitrogen and oxygen atoms in total. The fraction of sp³-hybridized carbons (Fsp3) is 0.125. The Kier molecular flexibility index (Phi) is 6.48. The van der Waals surface area contributed by atoms with E-state index < -0.39 is 5.91 Å². The number of rotatable bonds is 5. The second-order valence-electron chi connectivity index (χ2n) is 4.82. The Balaban J connectivity index is 1.90. The maximum Gasteiger partial charge on any atom is 0.277 e. The van der Waals surface area contributed by atoms with Gasteiger partial charge in [-0.05, 0) is 58.7 Å². The van der Waals surface area contributed by atoms with E-state index in [1.807, 2.05) is 6.92 Å². The van der Waals surface area contributed by atoms with E-state index in [2.05, 4.69) is 26.5 Å². The van der Waals surface area contributed by atoms with Gasteiger partial charge in [-0.3, -0.25) is 4.79 Å². The molecule has 0 heterocycles. The van der Waals surface area contributed by atoms with Gasteiger partial charge < -0.3 is 9.84 Å². The summed E-state index contributed by atoms with van der Waals surface area (Å²) in [6, 6.07) is 8.18. The Morgan fingerprint density at radius 2 is 2.12 bits per heavy atom. The van der Waals surface area contributed by atoms with Gasteiger partial charge >= 0.3 is 0 Å². The van der Waals surface area contributed by atoms with Gasteiger partial charge in [-0.2, -0.15) is 5.10 Å². The number of hydrazone groups is 1. The first-order valence-corrected chi connectivity index (χ1v) is 8.30. The molecular weight excluding hydrogens is 419 g/mol. The standard InChI is InChI=1S/C16H13BrCl2N2O3/c1-9-4-12(2-3-14(9)19)24-8-15(22)21-20-7-10-5-11(18)6-13(17)16(10)23/h2-7,23H,8H2,1H3,(H,21,22)/b20-7-. The van der Waals surface area contributed by atoms with Crippen molar-refractivity contribution in [3.05, 3.63) is 56.0 Å². The minimum Gasteiger partial charge on any atom is -0.506 e. The van der Waals surface area contributed by atoms with Crippen molar-refractivity contribution in [1.29, 1.82) is 0 Å². The van der Waals surface area contributed by atoms with Crippen molar-refractivity contribution in [3.63, 3.8) is 0 Å². The van der Waals surface area contributed by atoms with Crippen LogP contribution in [0.15, 0.2) is 39.9 Å². The average molecular weight is 432 g/mol. The number of amides is 1. The highest BCUT2D eigenvalue weighted by Crippen LogP contribution is 2.30. The summed E-state index contributed by atoms with van der Waals surface area (Å²) in [7, 11) is 0. The van der Waals surface area contributed by atoms with Crippen LogP contribution in [0.3, 0.4) is 0 Å². The van der Waals surface area contributed by atoms with Crippen molar-refractivity contribution in [2.45, 2.75) is 6.92 Å². The zero-order valence-electron chi connectivity index (χ0n) is 12.5. The fourth-order valence-corrected chi connectivity index (χ4v) is 2.70. The number of carbonyl (C=O) groups excluding carboxylic acids is 1. The van der Waals surface area contributed by atoms with Crippen LogP contribution in [0.4, 0.5) is 0 Å². The van der Waals surface area contributed by atoms with Gasteiger partial charge in [0.15, 0.2) is 6.61 Å². The highest BCUT2D eigenvalue weighted by Gasteiger charge is 2.06. The number of phenols is 1. The third-order valence-electron chi connectivity index (χ3n) is 2.95. The zero-order valence-corrected chi connectivity index (χ0v) is 15.6. The fourth-order valence-electron chi connectivity index (χ4n) is 1.75. The van der Waals surface area contributed by atoms with E-state index in [9.17, 15) is 9.90 Å². The Morgan fingerprint density at radius 1 is 1.38 bits per heavy atom. The van der Waals surface area contributed by atoms with Crippen LogP contribution < -0.4 is 10.2 Å². The molecule has 0 bridgehead atoms. The molecule has 1 amide bonds. The van der Waals surface area contributed by atoms with E-state index in [1.54, 1.807) is 24.3 Å². The van der Waals surface area contributed by atoms with Crippen molar-refractivity contribution in [2.75, 3.05) is 6.61 Å². The van der Waals surface area contributed by atoms with Crippen molar-refractivity contribution >= 4 is 51.3 Å². The Morgan fingerprint density at radius 3 is 2.83 bits per heavy atom. The topological polar surface area (TPSA) is 70.9 Å². The Hall–Kier alpha value is -1.76. The molecule has 0 unspecified atom stereocenters. The molecule has 0 saturated carbocycles. The molecule has 0 aromatic heterocycles. The predicted octanol–water partition coefficient (Wildman–Crippen LogP) is 4.30. The summed E-state index contributed by atoms with van der Waals surface area (Å²) < 4.78 is 5.78. The van der Waals surface area contributed by atoms with Crippen LogP contribution in [0.2, 0.25) is 10.0 Å². The lowest BCUT2D eigenvalue weighted by Crippen LogP contribution is -2.24. The van der Waals surface area contributed by atoms with E-state index in [0.29, 0.717) is 25.8 Å². The predicted molar refractivity (Wildman–Crippen MR) is 98.2 cm³/mol. The number of carbonyl (C=O) groups is 1. The Labute approximate surface area is 157 Å². The second kappa shape index (κ2) is 8.37. The third-order valence-corrected chi connectivity index (χ3v) is 4.20. The summed E-state index contributed by atoms with van der Waals surface area (Å²) in [6.07, 6.45) is 1.29. The summed E-state index contributed by atoms with van der Waals surface area (Å²) in [5.74, 6) is 0.0668. The van der Waals surface area contributed by atoms with E-state index in [-0.39, 0.29) is 12.4 Å². The van der Waals surface area contributed by atoms with Gasteiger partial charge in [0.1, 0.15) is 11.5 Å². The first kappa shape index (κ1) is 18.6. The molecule has 2 aromatic rings. The van der Waals surface area contributed by atoms with Crippen LogP contribution in [0.25, 0.3) is 0 Å². The molecule has 0 aliphatic heterocycles. The number of nitrogens with one attached hydrogen (secondary N) is 1. The lowest BCUT2D eigenvalue weighted by atomic mass is 10.2. The number of ether oxygens (including phenoxy) is 1. The highest BCUT2D eigenvalue weighted by atomic mass is 79.9. The quantitative estimate of drug-likeness (QED) is 0.547. The first-order chi connectivity index (χ1) is 11.4. The van der Waals surface area contributed by atoms with Crippen LogP contribution in [0.1, 0.15) is 11.1 Å². The van der Waals surface area contributed by atoms with Gasteiger partial charge in [-0.15, -0.1) is 0 Å². The van der Waals surface area contributed by atoms with Crippen LogP contribution in [-0.4, -0.2) is 23.8 Å². The van der Waals surface area contributed by atoms with Crippen molar-refractivity contribution < 1.29 is 14.6 Å². The smallest absolute Gasteiger partial charge is 0.277 e. The van der Waals surface area contributed by atoms with Crippen LogP contribution in [0.5, 0.6) is 11.5 Å². The zero-order chi connectivity index (χ0) is 17.7. The molecule has 126 valence electrons. The number of aryl methyl sites for hydroxylation is 1. The Bertz CT molecular complexity index is 797. The maximum absolute atomic E-state index is 11.7. The summed E-state index contributed by atoms with van der Waals surface area (Å²) >= 11 is 15.0. The number of phenolic OH excluding ortho intramolecular Hbond substituents is 1. The molecule has 0 fully saturated rings. The SMILES string of the molecule is Cc1cc(OCC(=O)N/N=C\c2cc(Cl)cc(Br)c2O)ccc1Cl. The lowest BCUT2D eigenvalue weighted by molar-refractivity contribution is -0.123. The molecule has 2 N–H and O–H groups in total. The summed E-state index contributed by atoms with van der Waals surface area (Å²) in [5, 5.41) is 14.7. The van der Waals surface area contributed by atoms with E-state index in [4.69, 9.17) is 27.9 Å². The van der Waals surface area contributed by atoms with Gasteiger partial charge in [0.25, 0.3) is 5.91 Å². The summed E-state index contributed by atoms with van der Waals surface area (Å²) in [6.45, 7) is 1.64. The van der Waals surface area contributed by atoms with Crippen molar-refractivity contribution in [1.82, 2.24) is 5.43 Å². The summed E-state index contributed by atoms with van der Waals surface area (Å²) in [5.41, 5.74) is 3.52. The van der Waals surface area contributed by atoms with Gasteiger partial charge in [0.05, 0.1) is 10.7 Å². The van der Waals surface area contributed by atoms with E-state index in [0.717, 1.165) is 5.56 Å². The van der Waals surface area contributed by atoms with Crippen LogP contribution in [0, 0.1) is 6.92 Å². The monoisotopic (exact) mass is 430 g/mol. The highest BCUT2D eigenvalue weighted by molar-refractivity contribution is 9.10. The first-order valence-electron chi connectivity index (χ1n) is 6.75. The molecule has 0 radical (unpaired) electrons. The molecule has 0 aliphatic rings. The average Bonchev–Trinajstić information content (AvgIpc) is 2.53. The molecule has 8 heteroatoms. The van der Waals surface area contributed by atoms with Crippen molar-refractivity contribution in [3.8, 4) is 11.5 Å². The van der Waals surface area contributed by atoms with Crippen LogP contribution in [-0.2, 0) is 4.79 Å². The van der Waals surface area contributed by atoms with Gasteiger partial charge in [0.2, 0.25) is 0 Å². The normalized spacial score (nSPS) is 10.8.